The van der Waals surface area contributed by atoms with Crippen LogP contribution >= 0.6 is 24.0 Å². The average molecular weight is 333 g/mol. The highest BCUT2D eigenvalue weighted by Crippen LogP contribution is 2.31. The van der Waals surface area contributed by atoms with Crippen LogP contribution in [0.5, 0.6) is 0 Å². The molecule has 4 heteroatoms. The molecule has 0 amide bonds. The van der Waals surface area contributed by atoms with Gasteiger partial charge in [-0.25, -0.2) is 0 Å². The molecule has 0 bridgehead atoms. The largest absolute Gasteiger partial charge is 0.480 e. The van der Waals surface area contributed by atoms with Crippen molar-refractivity contribution in [3.8, 4) is 0 Å². The molecule has 0 aliphatic carbocycles. The summed E-state index contributed by atoms with van der Waals surface area (Å²) in [6.07, 6.45) is 11.6. The Balaban J connectivity index is 3.72. The molecule has 1 N–H and O–H groups in total. The van der Waals surface area contributed by atoms with Crippen LogP contribution in [0.3, 0.4) is 0 Å². The first-order valence-electron chi connectivity index (χ1n) is 8.27. The van der Waals surface area contributed by atoms with Crippen LogP contribution in [-0.2, 0) is 4.79 Å². The quantitative estimate of drug-likeness (QED) is 0.347. The van der Waals surface area contributed by atoms with Crippen molar-refractivity contribution in [2.24, 2.45) is 5.92 Å². The molecule has 0 aliphatic rings. The topological polar surface area (TPSA) is 37.3 Å². The van der Waals surface area contributed by atoms with Crippen LogP contribution in [0.25, 0.3) is 0 Å². The van der Waals surface area contributed by atoms with Gasteiger partial charge < -0.3 is 5.11 Å². The molecule has 1 atom stereocenters. The Morgan fingerprint density at radius 1 is 1.10 bits per heavy atom. The third-order valence-corrected chi connectivity index (χ3v) is 5.70. The van der Waals surface area contributed by atoms with Gasteiger partial charge in [-0.05, 0) is 26.2 Å². The molecule has 0 saturated heterocycles. The second-order valence-corrected chi connectivity index (χ2v) is 8.76. The first kappa shape index (κ1) is 20.9. The number of aliphatic carboxylic acids is 1. The smallest absolute Gasteiger partial charge is 0.319 e. The Morgan fingerprint density at radius 2 is 1.57 bits per heavy atom. The van der Waals surface area contributed by atoms with E-state index in [0.29, 0.717) is 5.92 Å². The summed E-state index contributed by atoms with van der Waals surface area (Å²) >= 11 is 6.72. The first-order valence-corrected chi connectivity index (χ1v) is 9.50. The van der Waals surface area contributed by atoms with E-state index in [4.69, 9.17) is 17.3 Å². The van der Waals surface area contributed by atoms with Crippen molar-refractivity contribution < 1.29 is 9.90 Å². The number of rotatable bonds is 12. The van der Waals surface area contributed by atoms with Gasteiger partial charge in [0, 0.05) is 0 Å². The van der Waals surface area contributed by atoms with E-state index in [9.17, 15) is 4.79 Å². The number of unbranched alkanes of at least 4 members (excludes halogenated alkanes) is 7. The van der Waals surface area contributed by atoms with Crippen molar-refractivity contribution in [3.63, 3.8) is 0 Å². The average Bonchev–Trinajstić information content (AvgIpc) is 2.40. The molecule has 0 aromatic heterocycles. The van der Waals surface area contributed by atoms with Crippen LogP contribution in [0, 0.1) is 5.92 Å². The fraction of sp³-hybridized carbons (Fsp3) is 0.882. The Kier molecular flexibility index (Phi) is 11.4. The molecule has 1 unspecified atom stereocenters. The molecule has 0 aromatic rings. The van der Waals surface area contributed by atoms with E-state index in [0.717, 1.165) is 10.6 Å². The lowest BCUT2D eigenvalue weighted by Gasteiger charge is -2.21. The van der Waals surface area contributed by atoms with Crippen LogP contribution < -0.4 is 0 Å². The van der Waals surface area contributed by atoms with E-state index in [1.165, 1.54) is 63.1 Å². The van der Waals surface area contributed by atoms with Crippen LogP contribution in [0.4, 0.5) is 0 Å². The summed E-state index contributed by atoms with van der Waals surface area (Å²) < 4.78 is 0.0234. The molecule has 0 aliphatic heterocycles. The fourth-order valence-electron chi connectivity index (χ4n) is 2.10. The van der Waals surface area contributed by atoms with Crippen LogP contribution in [-0.4, -0.2) is 20.0 Å². The maximum Gasteiger partial charge on any atom is 0.319 e. The lowest BCUT2D eigenvalue weighted by Crippen LogP contribution is -2.29. The number of thiocarbonyl (C=S) groups is 1. The maximum absolute atomic E-state index is 11.1. The minimum atomic E-state index is -0.815. The summed E-state index contributed by atoms with van der Waals surface area (Å²) in [5, 5.41) is 9.13. The standard InChI is InChI=1S/C17H32O2S2/c1-5-6-7-8-9-10-11-12-13-14(2)15(20)21-17(3,4)16(18)19/h14H,5-13H2,1-4H3,(H,18,19). The SMILES string of the molecule is CCCCCCCCCCC(C)C(=S)SC(C)(C)C(=O)O. The van der Waals surface area contributed by atoms with Gasteiger partial charge in [-0.2, -0.15) is 0 Å². The molecule has 0 heterocycles. The highest BCUT2D eigenvalue weighted by molar-refractivity contribution is 8.24. The van der Waals surface area contributed by atoms with Gasteiger partial charge in [0.05, 0.1) is 4.20 Å². The van der Waals surface area contributed by atoms with Gasteiger partial charge in [-0.1, -0.05) is 77.4 Å². The first-order chi connectivity index (χ1) is 9.81. The Labute approximate surface area is 140 Å². The second-order valence-electron chi connectivity index (χ2n) is 6.40. The number of carbonyl (C=O) groups is 1. The number of hydrogen-bond donors (Lipinski definition) is 1. The number of carboxylic acid groups (broad SMARTS) is 1. The van der Waals surface area contributed by atoms with Crippen LogP contribution in [0.1, 0.15) is 85.5 Å². The molecule has 0 fully saturated rings. The van der Waals surface area contributed by atoms with Crippen molar-refractivity contribution in [1.29, 1.82) is 0 Å². The third kappa shape index (κ3) is 10.3. The predicted molar refractivity (Wildman–Crippen MR) is 98.3 cm³/mol. The minimum absolute atomic E-state index is 0.323. The van der Waals surface area contributed by atoms with E-state index in [-0.39, 0.29) is 0 Å². The van der Waals surface area contributed by atoms with Gasteiger partial charge in [0.2, 0.25) is 0 Å². The molecule has 0 aromatic carbocycles. The number of hydrogen-bond acceptors (Lipinski definition) is 3. The van der Waals surface area contributed by atoms with E-state index in [1.54, 1.807) is 13.8 Å². The van der Waals surface area contributed by atoms with E-state index >= 15 is 0 Å². The lowest BCUT2D eigenvalue weighted by atomic mass is 10.0. The van der Waals surface area contributed by atoms with Gasteiger partial charge >= 0.3 is 5.97 Å². The van der Waals surface area contributed by atoms with Crippen molar-refractivity contribution in [3.05, 3.63) is 0 Å². The Morgan fingerprint density at radius 3 is 2.05 bits per heavy atom. The van der Waals surface area contributed by atoms with Crippen LogP contribution in [0.2, 0.25) is 0 Å². The zero-order valence-electron chi connectivity index (χ0n) is 14.1. The highest BCUT2D eigenvalue weighted by Gasteiger charge is 2.30. The monoisotopic (exact) mass is 332 g/mol. The molecular weight excluding hydrogens is 300 g/mol. The molecule has 124 valence electrons. The highest BCUT2D eigenvalue weighted by atomic mass is 32.2. The normalized spacial score (nSPS) is 13.1. The molecule has 21 heavy (non-hydrogen) atoms. The van der Waals surface area contributed by atoms with Crippen molar-refractivity contribution in [2.75, 3.05) is 0 Å². The summed E-state index contributed by atoms with van der Waals surface area (Å²) in [6.45, 7) is 7.80. The van der Waals surface area contributed by atoms with Crippen molar-refractivity contribution in [1.82, 2.24) is 0 Å². The summed E-state index contributed by atoms with van der Waals surface area (Å²) in [5.74, 6) is -0.474. The molecular formula is C17H32O2S2. The summed E-state index contributed by atoms with van der Waals surface area (Å²) in [7, 11) is 0. The van der Waals surface area contributed by atoms with E-state index in [1.807, 2.05) is 0 Å². The Bertz CT molecular complexity index is 314. The van der Waals surface area contributed by atoms with Crippen molar-refractivity contribution >= 4 is 34.1 Å². The van der Waals surface area contributed by atoms with Crippen molar-refractivity contribution in [2.45, 2.75) is 90.2 Å². The fourth-order valence-corrected chi connectivity index (χ4v) is 3.75. The van der Waals surface area contributed by atoms with Gasteiger partial charge in [-0.15, -0.1) is 11.8 Å². The second kappa shape index (κ2) is 11.5. The summed E-state index contributed by atoms with van der Waals surface area (Å²) in [5.41, 5.74) is 0. The molecule has 0 radical (unpaired) electrons. The maximum atomic E-state index is 11.1. The van der Waals surface area contributed by atoms with Gasteiger partial charge in [0.15, 0.2) is 0 Å². The zero-order chi connectivity index (χ0) is 16.3. The number of carboxylic acids is 1. The minimum Gasteiger partial charge on any atom is -0.480 e. The van der Waals surface area contributed by atoms with E-state index < -0.39 is 10.7 Å². The van der Waals surface area contributed by atoms with Gasteiger partial charge in [0.1, 0.15) is 4.75 Å². The lowest BCUT2D eigenvalue weighted by molar-refractivity contribution is -0.138. The molecule has 0 saturated carbocycles. The van der Waals surface area contributed by atoms with Crippen LogP contribution in [0.15, 0.2) is 0 Å². The van der Waals surface area contributed by atoms with Gasteiger partial charge in [0.25, 0.3) is 0 Å². The number of thioether (sulfide) groups is 1. The van der Waals surface area contributed by atoms with E-state index in [2.05, 4.69) is 13.8 Å². The molecule has 2 nitrogen and oxygen atoms in total. The Hall–Kier alpha value is -0.0900. The third-order valence-electron chi connectivity index (χ3n) is 3.76. The predicted octanol–water partition coefficient (Wildman–Crippen LogP) is 6.08. The summed E-state index contributed by atoms with van der Waals surface area (Å²) in [6, 6.07) is 0. The zero-order valence-corrected chi connectivity index (χ0v) is 15.7. The molecule has 0 rings (SSSR count). The summed E-state index contributed by atoms with van der Waals surface area (Å²) in [4.78, 5) is 11.1. The molecule has 0 spiro atoms. The van der Waals surface area contributed by atoms with Gasteiger partial charge in [-0.3, -0.25) is 4.79 Å².